The van der Waals surface area contributed by atoms with Gasteiger partial charge in [0, 0.05) is 0 Å². The predicted molar refractivity (Wildman–Crippen MR) is 109 cm³/mol. The predicted octanol–water partition coefficient (Wildman–Crippen LogP) is 1.89. The molecule has 0 aliphatic heterocycles. The van der Waals surface area contributed by atoms with Crippen LogP contribution in [0.4, 0.5) is 0 Å². The van der Waals surface area contributed by atoms with Crippen molar-refractivity contribution in [3.05, 3.63) is 24.3 Å². The molecule has 0 saturated carbocycles. The lowest BCUT2D eigenvalue weighted by Gasteiger charge is -2.30. The van der Waals surface area contributed by atoms with Gasteiger partial charge in [-0.3, -0.25) is 8.37 Å². The van der Waals surface area contributed by atoms with E-state index in [-0.39, 0.29) is 12.8 Å². The van der Waals surface area contributed by atoms with Crippen LogP contribution in [0.25, 0.3) is 0 Å². The summed E-state index contributed by atoms with van der Waals surface area (Å²) in [6.07, 6.45) is -1.70. The summed E-state index contributed by atoms with van der Waals surface area (Å²) in [5, 5.41) is 21.1. The van der Waals surface area contributed by atoms with E-state index < -0.39 is 44.7 Å². The van der Waals surface area contributed by atoms with Crippen LogP contribution < -0.4 is 0 Å². The van der Waals surface area contributed by atoms with Crippen LogP contribution in [0.1, 0.15) is 52.4 Å². The number of allylic oxidation sites excluding steroid dienone is 2. The molecular weight excluding hydrogens is 408 g/mol. The molecule has 8 nitrogen and oxygen atoms in total. The number of hydrogen-bond donors (Lipinski definition) is 2. The Morgan fingerprint density at radius 3 is 1.29 bits per heavy atom. The zero-order valence-corrected chi connectivity index (χ0v) is 18.8. The van der Waals surface area contributed by atoms with Gasteiger partial charge < -0.3 is 10.2 Å². The first kappa shape index (κ1) is 27.2. The minimum Gasteiger partial charge on any atom is -0.388 e. The highest BCUT2D eigenvalue weighted by molar-refractivity contribution is 7.86. The summed E-state index contributed by atoms with van der Waals surface area (Å²) in [4.78, 5) is 0. The van der Waals surface area contributed by atoms with E-state index in [1.54, 1.807) is 0 Å². The second kappa shape index (κ2) is 12.0. The molecule has 2 N–H and O–H groups in total. The number of aliphatic hydroxyl groups excluding tert-OH is 2. The number of aliphatic hydroxyl groups is 2. The lowest BCUT2D eigenvalue weighted by Crippen LogP contribution is -2.47. The maximum atomic E-state index is 11.5. The van der Waals surface area contributed by atoms with Crippen LogP contribution in [-0.4, -0.2) is 64.0 Å². The van der Waals surface area contributed by atoms with E-state index in [4.69, 9.17) is 8.37 Å². The molecule has 0 saturated heterocycles. The van der Waals surface area contributed by atoms with Crippen LogP contribution in [0.15, 0.2) is 24.3 Å². The van der Waals surface area contributed by atoms with Gasteiger partial charge in [-0.1, -0.05) is 11.1 Å². The van der Waals surface area contributed by atoms with Crippen molar-refractivity contribution in [2.24, 2.45) is 0 Å². The average Bonchev–Trinajstić information content (AvgIpc) is 2.48. The van der Waals surface area contributed by atoms with Crippen molar-refractivity contribution < 1.29 is 35.4 Å². The van der Waals surface area contributed by atoms with Crippen LogP contribution in [0.3, 0.4) is 0 Å². The summed E-state index contributed by atoms with van der Waals surface area (Å²) in [5.74, 6) is 0. The van der Waals surface area contributed by atoms with E-state index in [2.05, 4.69) is 13.2 Å². The summed E-state index contributed by atoms with van der Waals surface area (Å²) in [6, 6.07) is 0. The van der Waals surface area contributed by atoms with E-state index >= 15 is 0 Å². The summed E-state index contributed by atoms with van der Waals surface area (Å²) in [7, 11) is -7.81. The highest BCUT2D eigenvalue weighted by atomic mass is 32.2. The topological polar surface area (TPSA) is 127 Å². The Hall–Kier alpha value is -0.780. The SMILES string of the molecule is C=C(C)CCC[C@@H](OS(C)(=O)=O)[C@@H](O)[C@H](O)[C@@H](CCCC(=C)C)OS(C)(=O)=O. The number of rotatable bonds is 15. The lowest BCUT2D eigenvalue weighted by molar-refractivity contribution is -0.0919. The minimum absolute atomic E-state index is 0.134. The Morgan fingerprint density at radius 2 is 1.07 bits per heavy atom. The van der Waals surface area contributed by atoms with E-state index in [1.807, 2.05) is 13.8 Å². The molecule has 0 fully saturated rings. The molecule has 166 valence electrons. The molecule has 0 amide bonds. The van der Waals surface area contributed by atoms with Crippen LogP contribution in [-0.2, 0) is 28.6 Å². The summed E-state index contributed by atoms with van der Waals surface area (Å²) in [5.41, 5.74) is 1.76. The molecule has 0 aromatic rings. The molecule has 0 radical (unpaired) electrons. The van der Waals surface area contributed by atoms with Crippen molar-refractivity contribution in [2.75, 3.05) is 12.5 Å². The van der Waals surface area contributed by atoms with E-state index in [1.165, 1.54) is 0 Å². The smallest absolute Gasteiger partial charge is 0.264 e. The standard InChI is InChI=1S/C18H34O8S2/c1-13(2)9-7-11-15(25-27(5,21)22)17(19)18(20)16(26-28(6,23)24)12-8-10-14(3)4/h15-20H,1,3,7-12H2,2,4-6H3/t15-,16-,17-,18-/m1/s1. The minimum atomic E-state index is -3.91. The Morgan fingerprint density at radius 1 is 0.786 bits per heavy atom. The lowest BCUT2D eigenvalue weighted by atomic mass is 9.95. The van der Waals surface area contributed by atoms with Crippen molar-refractivity contribution in [3.63, 3.8) is 0 Å². The van der Waals surface area contributed by atoms with Crippen LogP contribution >= 0.6 is 0 Å². The molecule has 0 unspecified atom stereocenters. The fourth-order valence-electron chi connectivity index (χ4n) is 2.65. The zero-order chi connectivity index (χ0) is 22.1. The molecule has 0 rings (SSSR count). The van der Waals surface area contributed by atoms with Gasteiger partial charge >= 0.3 is 0 Å². The van der Waals surface area contributed by atoms with Gasteiger partial charge in [-0.25, -0.2) is 0 Å². The molecule has 0 aliphatic rings. The molecule has 4 atom stereocenters. The van der Waals surface area contributed by atoms with Crippen molar-refractivity contribution >= 4 is 20.2 Å². The van der Waals surface area contributed by atoms with E-state index in [0.717, 1.165) is 23.7 Å². The van der Waals surface area contributed by atoms with Crippen molar-refractivity contribution in [3.8, 4) is 0 Å². The second-order valence-corrected chi connectivity index (χ2v) is 10.6. The van der Waals surface area contributed by atoms with Crippen LogP contribution in [0.5, 0.6) is 0 Å². The fraction of sp³-hybridized carbons (Fsp3) is 0.778. The maximum Gasteiger partial charge on any atom is 0.264 e. The largest absolute Gasteiger partial charge is 0.388 e. The average molecular weight is 443 g/mol. The Bertz CT molecular complexity index is 650. The first-order chi connectivity index (χ1) is 12.6. The van der Waals surface area contributed by atoms with Gasteiger partial charge in [-0.2, -0.15) is 16.8 Å². The third-order valence-electron chi connectivity index (χ3n) is 3.89. The van der Waals surface area contributed by atoms with Gasteiger partial charge in [0.2, 0.25) is 0 Å². The zero-order valence-electron chi connectivity index (χ0n) is 17.1. The maximum absolute atomic E-state index is 11.5. The van der Waals surface area contributed by atoms with E-state index in [0.29, 0.717) is 25.7 Å². The summed E-state index contributed by atoms with van der Waals surface area (Å²) >= 11 is 0. The molecule has 10 heteroatoms. The molecule has 0 aliphatic carbocycles. The summed E-state index contributed by atoms with van der Waals surface area (Å²) in [6.45, 7) is 11.1. The van der Waals surface area contributed by atoms with E-state index in [9.17, 15) is 27.0 Å². The second-order valence-electron chi connectivity index (χ2n) is 7.36. The first-order valence-corrected chi connectivity index (χ1v) is 12.7. The monoisotopic (exact) mass is 442 g/mol. The molecule has 28 heavy (non-hydrogen) atoms. The third-order valence-corrected chi connectivity index (χ3v) is 5.09. The molecule has 0 spiro atoms. The Balaban J connectivity index is 5.37. The normalized spacial score (nSPS) is 16.9. The Kier molecular flexibility index (Phi) is 11.7. The van der Waals surface area contributed by atoms with Crippen molar-refractivity contribution in [1.29, 1.82) is 0 Å². The number of hydrogen-bond acceptors (Lipinski definition) is 8. The van der Waals surface area contributed by atoms with Gasteiger partial charge in [0.15, 0.2) is 0 Å². The van der Waals surface area contributed by atoms with Crippen molar-refractivity contribution in [1.82, 2.24) is 0 Å². The fourth-order valence-corrected chi connectivity index (χ4v) is 3.97. The van der Waals surface area contributed by atoms with Crippen LogP contribution in [0.2, 0.25) is 0 Å². The molecule has 0 heterocycles. The highest BCUT2D eigenvalue weighted by Crippen LogP contribution is 2.22. The van der Waals surface area contributed by atoms with Gasteiger partial charge in [-0.15, -0.1) is 13.2 Å². The summed E-state index contributed by atoms with van der Waals surface area (Å²) < 4.78 is 56.0. The third kappa shape index (κ3) is 13.4. The molecular formula is C18H34O8S2. The van der Waals surface area contributed by atoms with Crippen molar-refractivity contribution in [2.45, 2.75) is 76.8 Å². The van der Waals surface area contributed by atoms with Gasteiger partial charge in [0.05, 0.1) is 12.5 Å². The highest BCUT2D eigenvalue weighted by Gasteiger charge is 2.36. The Labute approximate surface area is 169 Å². The van der Waals surface area contributed by atoms with Gasteiger partial charge in [0.1, 0.15) is 24.4 Å². The quantitative estimate of drug-likeness (QED) is 0.291. The van der Waals surface area contributed by atoms with Crippen LogP contribution in [0, 0.1) is 0 Å². The molecule has 0 aromatic heterocycles. The molecule has 0 bridgehead atoms. The first-order valence-electron chi connectivity index (χ1n) is 9.04. The van der Waals surface area contributed by atoms with Gasteiger partial charge in [-0.05, 0) is 52.4 Å². The van der Waals surface area contributed by atoms with Gasteiger partial charge in [0.25, 0.3) is 20.2 Å². The molecule has 0 aromatic carbocycles.